The minimum Gasteiger partial charge on any atom is -0.507 e. The molecule has 0 spiro atoms. The lowest BCUT2D eigenvalue weighted by atomic mass is 10.1. The lowest BCUT2D eigenvalue weighted by Crippen LogP contribution is -1.89. The molecule has 1 N–H and O–H groups in total. The van der Waals surface area contributed by atoms with Gasteiger partial charge in [0, 0.05) is 21.8 Å². The summed E-state index contributed by atoms with van der Waals surface area (Å²) in [5, 5.41) is 11.1. The average Bonchev–Trinajstić information content (AvgIpc) is 2.06. The molecule has 0 aliphatic rings. The van der Waals surface area contributed by atoms with E-state index in [0.717, 1.165) is 16.7 Å². The average molecular weight is 294 g/mol. The number of phenols is 1. The van der Waals surface area contributed by atoms with E-state index in [0.29, 0.717) is 16.4 Å². The van der Waals surface area contributed by atoms with Crippen molar-refractivity contribution in [2.45, 2.75) is 17.6 Å². The van der Waals surface area contributed by atoms with Gasteiger partial charge in [-0.3, -0.25) is 0 Å². The van der Waals surface area contributed by atoms with E-state index in [1.165, 1.54) is 0 Å². The van der Waals surface area contributed by atoms with Crippen LogP contribution in [0.4, 0.5) is 0 Å². The van der Waals surface area contributed by atoms with Crippen molar-refractivity contribution >= 4 is 31.9 Å². The molecule has 0 aliphatic carbocycles. The summed E-state index contributed by atoms with van der Waals surface area (Å²) in [6.45, 7) is 1.99. The van der Waals surface area contributed by atoms with Gasteiger partial charge in [-0.05, 0) is 12.5 Å². The highest BCUT2D eigenvalue weighted by molar-refractivity contribution is 9.08. The van der Waals surface area contributed by atoms with Crippen molar-refractivity contribution in [3.63, 3.8) is 0 Å². The Hall–Kier alpha value is -0.0200. The fraction of sp³-hybridized carbons (Fsp3) is 0.333. The molecule has 0 aromatic heterocycles. The molecule has 0 saturated heterocycles. The predicted molar refractivity (Wildman–Crippen MR) is 58.1 cm³/mol. The molecule has 1 rings (SSSR count). The van der Waals surface area contributed by atoms with Gasteiger partial charge in [0.25, 0.3) is 0 Å². The molecule has 12 heavy (non-hydrogen) atoms. The number of hydrogen-bond donors (Lipinski definition) is 1. The van der Waals surface area contributed by atoms with Gasteiger partial charge < -0.3 is 5.11 Å². The molecule has 0 amide bonds. The van der Waals surface area contributed by atoms with Crippen LogP contribution in [0.1, 0.15) is 16.7 Å². The number of benzene rings is 1. The molecule has 66 valence electrons. The summed E-state index contributed by atoms with van der Waals surface area (Å²) in [6, 6.07) is 3.96. The van der Waals surface area contributed by atoms with E-state index in [4.69, 9.17) is 0 Å². The first kappa shape index (κ1) is 10.1. The SMILES string of the molecule is Cc1ccc(CBr)c(O)c1CBr. The Morgan fingerprint density at radius 2 is 1.92 bits per heavy atom. The lowest BCUT2D eigenvalue weighted by molar-refractivity contribution is 0.465. The Morgan fingerprint density at radius 1 is 1.25 bits per heavy atom. The molecule has 1 nitrogen and oxygen atoms in total. The number of halogens is 2. The van der Waals surface area contributed by atoms with Crippen molar-refractivity contribution < 1.29 is 5.11 Å². The van der Waals surface area contributed by atoms with Gasteiger partial charge in [-0.1, -0.05) is 44.0 Å². The molecular formula is C9H10Br2O. The Morgan fingerprint density at radius 3 is 2.42 bits per heavy atom. The fourth-order valence-electron chi connectivity index (χ4n) is 1.06. The third-order valence-corrected chi connectivity index (χ3v) is 3.04. The zero-order chi connectivity index (χ0) is 9.14. The first-order valence-corrected chi connectivity index (χ1v) is 5.87. The summed E-state index contributed by atoms with van der Waals surface area (Å²) < 4.78 is 0. The Labute approximate surface area is 89.1 Å². The molecule has 1 aromatic rings. The van der Waals surface area contributed by atoms with Crippen molar-refractivity contribution in [2.24, 2.45) is 0 Å². The van der Waals surface area contributed by atoms with Crippen LogP contribution in [0.15, 0.2) is 12.1 Å². The monoisotopic (exact) mass is 292 g/mol. The van der Waals surface area contributed by atoms with Crippen LogP contribution < -0.4 is 0 Å². The van der Waals surface area contributed by atoms with Crippen LogP contribution in [-0.4, -0.2) is 5.11 Å². The molecule has 0 saturated carbocycles. The Kier molecular flexibility index (Phi) is 3.59. The first-order valence-electron chi connectivity index (χ1n) is 3.63. The molecule has 3 heteroatoms. The summed E-state index contributed by atoms with van der Waals surface area (Å²) in [7, 11) is 0. The van der Waals surface area contributed by atoms with Crippen LogP contribution in [-0.2, 0) is 10.7 Å². The van der Waals surface area contributed by atoms with Crippen molar-refractivity contribution in [1.29, 1.82) is 0 Å². The zero-order valence-electron chi connectivity index (χ0n) is 6.77. The number of hydrogen-bond acceptors (Lipinski definition) is 1. The van der Waals surface area contributed by atoms with E-state index < -0.39 is 0 Å². The predicted octanol–water partition coefficient (Wildman–Crippen LogP) is 3.49. The van der Waals surface area contributed by atoms with E-state index in [9.17, 15) is 5.11 Å². The van der Waals surface area contributed by atoms with E-state index in [2.05, 4.69) is 31.9 Å². The highest BCUT2D eigenvalue weighted by Gasteiger charge is 2.07. The molecule has 0 unspecified atom stereocenters. The molecule has 0 atom stereocenters. The zero-order valence-corrected chi connectivity index (χ0v) is 9.94. The smallest absolute Gasteiger partial charge is 0.123 e. The minimum absolute atomic E-state index is 0.406. The summed E-state index contributed by atoms with van der Waals surface area (Å²) in [6.07, 6.45) is 0. The number of alkyl halides is 2. The Bertz CT molecular complexity index is 284. The van der Waals surface area contributed by atoms with Gasteiger partial charge >= 0.3 is 0 Å². The minimum atomic E-state index is 0.406. The van der Waals surface area contributed by atoms with Crippen LogP contribution in [0.5, 0.6) is 5.75 Å². The van der Waals surface area contributed by atoms with Gasteiger partial charge in [-0.2, -0.15) is 0 Å². The second kappa shape index (κ2) is 4.28. The topological polar surface area (TPSA) is 20.2 Å². The quantitative estimate of drug-likeness (QED) is 0.828. The normalized spacial score (nSPS) is 10.2. The first-order chi connectivity index (χ1) is 5.70. The summed E-state index contributed by atoms with van der Waals surface area (Å²) in [5.41, 5.74) is 3.04. The van der Waals surface area contributed by atoms with Crippen LogP contribution in [0.25, 0.3) is 0 Å². The summed E-state index contributed by atoms with van der Waals surface area (Å²) in [5.74, 6) is 0.406. The van der Waals surface area contributed by atoms with Crippen molar-refractivity contribution in [1.82, 2.24) is 0 Å². The largest absolute Gasteiger partial charge is 0.507 e. The van der Waals surface area contributed by atoms with E-state index in [1.54, 1.807) is 0 Å². The van der Waals surface area contributed by atoms with Crippen LogP contribution >= 0.6 is 31.9 Å². The van der Waals surface area contributed by atoms with Gasteiger partial charge in [0.1, 0.15) is 5.75 Å². The van der Waals surface area contributed by atoms with Crippen LogP contribution in [0.2, 0.25) is 0 Å². The van der Waals surface area contributed by atoms with Gasteiger partial charge in [0.15, 0.2) is 0 Å². The molecule has 0 radical (unpaired) electrons. The van der Waals surface area contributed by atoms with Crippen LogP contribution in [0, 0.1) is 6.92 Å². The summed E-state index contributed by atoms with van der Waals surface area (Å²) in [4.78, 5) is 0. The number of aryl methyl sites for hydroxylation is 1. The second-order valence-electron chi connectivity index (χ2n) is 2.64. The lowest BCUT2D eigenvalue weighted by Gasteiger charge is -2.08. The Balaban J connectivity index is 3.24. The molecule has 0 heterocycles. The maximum Gasteiger partial charge on any atom is 0.123 e. The maximum atomic E-state index is 9.71. The second-order valence-corrected chi connectivity index (χ2v) is 3.76. The summed E-state index contributed by atoms with van der Waals surface area (Å²) >= 11 is 6.67. The van der Waals surface area contributed by atoms with E-state index >= 15 is 0 Å². The molecular weight excluding hydrogens is 284 g/mol. The molecule has 1 aromatic carbocycles. The third-order valence-electron chi connectivity index (χ3n) is 1.88. The van der Waals surface area contributed by atoms with E-state index in [1.807, 2.05) is 19.1 Å². The molecule has 0 fully saturated rings. The maximum absolute atomic E-state index is 9.71. The third kappa shape index (κ3) is 1.83. The molecule has 0 bridgehead atoms. The molecule has 0 aliphatic heterocycles. The highest BCUT2D eigenvalue weighted by Crippen LogP contribution is 2.28. The fourth-order valence-corrected chi connectivity index (χ4v) is 2.22. The number of phenolic OH excluding ortho intramolecular Hbond substituents is 1. The van der Waals surface area contributed by atoms with Gasteiger partial charge in [-0.15, -0.1) is 0 Å². The number of rotatable bonds is 2. The van der Waals surface area contributed by atoms with Gasteiger partial charge in [0.05, 0.1) is 0 Å². The highest BCUT2D eigenvalue weighted by atomic mass is 79.9. The van der Waals surface area contributed by atoms with Gasteiger partial charge in [-0.25, -0.2) is 0 Å². The van der Waals surface area contributed by atoms with Crippen LogP contribution in [0.3, 0.4) is 0 Å². The van der Waals surface area contributed by atoms with E-state index in [-0.39, 0.29) is 0 Å². The van der Waals surface area contributed by atoms with Gasteiger partial charge in [0.2, 0.25) is 0 Å². The number of aromatic hydroxyl groups is 1. The van der Waals surface area contributed by atoms with Crippen molar-refractivity contribution in [3.8, 4) is 5.75 Å². The standard InChI is InChI=1S/C9H10Br2O/c1-6-2-3-7(4-10)9(12)8(6)5-11/h2-3,12H,4-5H2,1H3. The van der Waals surface area contributed by atoms with Crippen molar-refractivity contribution in [3.05, 3.63) is 28.8 Å². The van der Waals surface area contributed by atoms with Crippen molar-refractivity contribution in [2.75, 3.05) is 0 Å².